The van der Waals surface area contributed by atoms with E-state index >= 15 is 0 Å². The first kappa shape index (κ1) is 15.7. The number of alkyl halides is 1. The summed E-state index contributed by atoms with van der Waals surface area (Å²) in [6, 6.07) is 0. The molecule has 0 aliphatic rings. The Hall–Kier alpha value is -1.30. The molecule has 7 heteroatoms. The Morgan fingerprint density at radius 2 is 1.29 bits per heavy atom. The van der Waals surface area contributed by atoms with E-state index in [2.05, 4.69) is 19.9 Å². The average Bonchev–Trinajstić information content (AvgIpc) is 2.41. The summed E-state index contributed by atoms with van der Waals surface area (Å²) in [5.74, 6) is 0.487. The third kappa shape index (κ3) is 6.78. The van der Waals surface area contributed by atoms with E-state index in [-0.39, 0.29) is 19.0 Å². The predicted molar refractivity (Wildman–Crippen MR) is 66.8 cm³/mol. The van der Waals surface area contributed by atoms with E-state index in [4.69, 9.17) is 16.7 Å². The van der Waals surface area contributed by atoms with Crippen molar-refractivity contribution in [3.63, 3.8) is 0 Å². The van der Waals surface area contributed by atoms with Crippen molar-refractivity contribution in [1.29, 1.82) is 0 Å². The molecule has 2 heterocycles. The van der Waals surface area contributed by atoms with Gasteiger partial charge in [-0.25, -0.2) is 19.9 Å². The lowest BCUT2D eigenvalue weighted by molar-refractivity contribution is 0.281. The van der Waals surface area contributed by atoms with Gasteiger partial charge in [0.1, 0.15) is 12.7 Å². The molecule has 2 aromatic heterocycles. The van der Waals surface area contributed by atoms with Crippen molar-refractivity contribution < 1.29 is 5.11 Å². The topological polar surface area (TPSA) is 71.8 Å². The Bertz CT molecular complexity index is 349. The first-order valence-corrected chi connectivity index (χ1v) is 5.05. The van der Waals surface area contributed by atoms with Crippen molar-refractivity contribution in [2.75, 3.05) is 0 Å². The molecule has 0 amide bonds. The molecule has 2 rings (SSSR count). The Morgan fingerprint density at radius 3 is 1.53 bits per heavy atom. The summed E-state index contributed by atoms with van der Waals surface area (Å²) in [5, 5.41) is 8.46. The fraction of sp³-hybridized carbons (Fsp3) is 0.200. The van der Waals surface area contributed by atoms with Crippen molar-refractivity contribution in [3.05, 3.63) is 48.6 Å². The molecule has 92 valence electrons. The minimum absolute atomic E-state index is 0. The second kappa shape index (κ2) is 9.89. The van der Waals surface area contributed by atoms with Crippen LogP contribution in [0.4, 0.5) is 0 Å². The van der Waals surface area contributed by atoms with Crippen LogP contribution in [-0.4, -0.2) is 25.0 Å². The molecule has 0 unspecified atom stereocenters. The highest BCUT2D eigenvalue weighted by Gasteiger charge is 1.84. The van der Waals surface area contributed by atoms with E-state index in [1.54, 1.807) is 24.8 Å². The van der Waals surface area contributed by atoms with E-state index in [0.717, 1.165) is 11.1 Å². The summed E-state index contributed by atoms with van der Waals surface area (Å²) >= 11 is 5.45. The van der Waals surface area contributed by atoms with E-state index < -0.39 is 0 Å². The summed E-state index contributed by atoms with van der Waals surface area (Å²) in [5.41, 5.74) is 1.70. The first-order chi connectivity index (χ1) is 7.86. The van der Waals surface area contributed by atoms with Crippen LogP contribution in [0.2, 0.25) is 0 Å². The van der Waals surface area contributed by atoms with Gasteiger partial charge in [-0.05, 0) is 0 Å². The largest absolute Gasteiger partial charge is 0.392 e. The first-order valence-electron chi connectivity index (χ1n) is 4.51. The Morgan fingerprint density at radius 1 is 0.882 bits per heavy atom. The molecule has 0 saturated heterocycles. The zero-order valence-electron chi connectivity index (χ0n) is 8.90. The van der Waals surface area contributed by atoms with Crippen LogP contribution in [-0.2, 0) is 12.5 Å². The molecule has 0 aliphatic carbocycles. The van der Waals surface area contributed by atoms with Crippen molar-refractivity contribution in [3.8, 4) is 0 Å². The third-order valence-electron chi connectivity index (χ3n) is 1.56. The van der Waals surface area contributed by atoms with Gasteiger partial charge >= 0.3 is 0 Å². The summed E-state index contributed by atoms with van der Waals surface area (Å²) in [6.07, 6.45) is 9.45. The summed E-state index contributed by atoms with van der Waals surface area (Å²) in [6.45, 7) is 0.0147. The number of aromatic nitrogens is 4. The summed E-state index contributed by atoms with van der Waals surface area (Å²) in [4.78, 5) is 14.9. The number of hydrogen-bond acceptors (Lipinski definition) is 5. The maximum Gasteiger partial charge on any atom is 0.115 e. The number of aliphatic hydroxyl groups excluding tert-OH is 1. The maximum atomic E-state index is 8.46. The van der Waals surface area contributed by atoms with E-state index in [1.165, 1.54) is 12.7 Å². The van der Waals surface area contributed by atoms with E-state index in [0.29, 0.717) is 5.88 Å². The summed E-state index contributed by atoms with van der Waals surface area (Å²) in [7, 11) is 0. The van der Waals surface area contributed by atoms with Gasteiger partial charge in [-0.1, -0.05) is 0 Å². The SMILES string of the molecule is Cl.ClCc1cncnc1.OCc1cncnc1. The second-order valence-corrected chi connectivity index (χ2v) is 3.05. The molecule has 0 atom stereocenters. The number of nitrogens with zero attached hydrogens (tertiary/aromatic N) is 4. The van der Waals surface area contributed by atoms with Crippen LogP contribution in [0.1, 0.15) is 11.1 Å². The monoisotopic (exact) mass is 274 g/mol. The van der Waals surface area contributed by atoms with Crippen LogP contribution in [0.25, 0.3) is 0 Å². The molecule has 0 radical (unpaired) electrons. The molecule has 0 spiro atoms. The predicted octanol–water partition coefficient (Wildman–Crippen LogP) is 1.61. The quantitative estimate of drug-likeness (QED) is 0.843. The smallest absolute Gasteiger partial charge is 0.115 e. The van der Waals surface area contributed by atoms with Gasteiger partial charge in [0.2, 0.25) is 0 Å². The lowest BCUT2D eigenvalue weighted by atomic mass is 10.4. The highest BCUT2D eigenvalue weighted by atomic mass is 35.5. The Labute approximate surface area is 110 Å². The molecule has 2 aromatic rings. The van der Waals surface area contributed by atoms with Gasteiger partial charge < -0.3 is 5.11 Å². The molecule has 0 saturated carbocycles. The molecule has 0 bridgehead atoms. The van der Waals surface area contributed by atoms with Crippen LogP contribution in [0.3, 0.4) is 0 Å². The highest BCUT2D eigenvalue weighted by Crippen LogP contribution is 1.95. The highest BCUT2D eigenvalue weighted by molar-refractivity contribution is 6.17. The molecular weight excluding hydrogens is 263 g/mol. The van der Waals surface area contributed by atoms with Gasteiger partial charge in [0.05, 0.1) is 12.5 Å². The van der Waals surface area contributed by atoms with Crippen LogP contribution in [0, 0.1) is 0 Å². The van der Waals surface area contributed by atoms with Gasteiger partial charge in [0, 0.05) is 35.9 Å². The Kier molecular flexibility index (Phi) is 9.14. The zero-order chi connectivity index (χ0) is 11.6. The lowest BCUT2D eigenvalue weighted by Crippen LogP contribution is -1.84. The van der Waals surface area contributed by atoms with Gasteiger partial charge in [-0.2, -0.15) is 0 Å². The molecule has 0 fully saturated rings. The van der Waals surface area contributed by atoms with Crippen LogP contribution >= 0.6 is 24.0 Å². The fourth-order valence-corrected chi connectivity index (χ4v) is 0.949. The second-order valence-electron chi connectivity index (χ2n) is 2.79. The van der Waals surface area contributed by atoms with Crippen molar-refractivity contribution >= 4 is 24.0 Å². The van der Waals surface area contributed by atoms with Crippen LogP contribution in [0.15, 0.2) is 37.4 Å². The number of rotatable bonds is 2. The van der Waals surface area contributed by atoms with Gasteiger partial charge in [-0.3, -0.25) is 0 Å². The van der Waals surface area contributed by atoms with Gasteiger partial charge in [-0.15, -0.1) is 24.0 Å². The van der Waals surface area contributed by atoms with E-state index in [9.17, 15) is 0 Å². The van der Waals surface area contributed by atoms with E-state index in [1.807, 2.05) is 0 Å². The minimum atomic E-state index is 0. The normalized spacial score (nSPS) is 8.59. The van der Waals surface area contributed by atoms with Crippen molar-refractivity contribution in [2.45, 2.75) is 12.5 Å². The lowest BCUT2D eigenvalue weighted by Gasteiger charge is -1.87. The molecular formula is C10H12Cl2N4O. The van der Waals surface area contributed by atoms with Crippen LogP contribution in [0.5, 0.6) is 0 Å². The molecule has 5 nitrogen and oxygen atoms in total. The standard InChI is InChI=1S/C5H5ClN2.C5H6N2O.ClH/c6-1-5-2-7-4-8-3-5;8-3-5-1-6-4-7-2-5;/h2-4H,1H2;1-2,4,8H,3H2;1H. The number of hydrogen-bond donors (Lipinski definition) is 1. The molecule has 1 N–H and O–H groups in total. The summed E-state index contributed by atoms with van der Waals surface area (Å²) < 4.78 is 0. The van der Waals surface area contributed by atoms with Gasteiger partial charge in [0.15, 0.2) is 0 Å². The van der Waals surface area contributed by atoms with Gasteiger partial charge in [0.25, 0.3) is 0 Å². The van der Waals surface area contributed by atoms with Crippen molar-refractivity contribution in [1.82, 2.24) is 19.9 Å². The zero-order valence-corrected chi connectivity index (χ0v) is 10.5. The minimum Gasteiger partial charge on any atom is -0.392 e. The fourth-order valence-electron chi connectivity index (χ4n) is 0.811. The molecule has 17 heavy (non-hydrogen) atoms. The maximum absolute atomic E-state index is 8.46. The van der Waals surface area contributed by atoms with Crippen LogP contribution < -0.4 is 0 Å². The third-order valence-corrected chi connectivity index (χ3v) is 1.87. The molecule has 0 aromatic carbocycles. The van der Waals surface area contributed by atoms with Crippen molar-refractivity contribution in [2.24, 2.45) is 0 Å². The number of halogens is 2. The molecule has 0 aliphatic heterocycles. The average molecular weight is 275 g/mol. The Balaban J connectivity index is 0.000000284. The number of aliphatic hydroxyl groups is 1.